The van der Waals surface area contributed by atoms with Crippen LogP contribution in [0.5, 0.6) is 5.75 Å². The van der Waals surface area contributed by atoms with Gasteiger partial charge in [-0.2, -0.15) is 0 Å². The van der Waals surface area contributed by atoms with Crippen LogP contribution in [0.3, 0.4) is 0 Å². The van der Waals surface area contributed by atoms with Gasteiger partial charge < -0.3 is 19.1 Å². The molecule has 6 nitrogen and oxygen atoms in total. The summed E-state index contributed by atoms with van der Waals surface area (Å²) in [6.45, 7) is 5.31. The Morgan fingerprint density at radius 1 is 1.39 bits per heavy atom. The second-order valence-corrected chi connectivity index (χ2v) is 8.63. The molecule has 2 aromatic rings. The molecule has 8 heteroatoms. The van der Waals surface area contributed by atoms with Gasteiger partial charge in [0, 0.05) is 24.7 Å². The predicted molar refractivity (Wildman–Crippen MR) is 109 cm³/mol. The fraction of sp³-hybridized carbons (Fsp3) is 0.478. The first kappa shape index (κ1) is 21.6. The van der Waals surface area contributed by atoms with Gasteiger partial charge in [-0.15, -0.1) is 0 Å². The van der Waals surface area contributed by atoms with Crippen molar-refractivity contribution in [2.75, 3.05) is 26.5 Å². The molecule has 1 amide bonds. The van der Waals surface area contributed by atoms with Crippen LogP contribution in [0.4, 0.5) is 8.78 Å². The van der Waals surface area contributed by atoms with E-state index in [1.54, 1.807) is 23.1 Å². The molecule has 0 N–H and O–H groups in total. The number of alkyl halides is 1. The van der Waals surface area contributed by atoms with Crippen molar-refractivity contribution in [1.29, 1.82) is 0 Å². The molecule has 0 spiro atoms. The van der Waals surface area contributed by atoms with Gasteiger partial charge in [0.25, 0.3) is 5.91 Å². The molecule has 31 heavy (non-hydrogen) atoms. The van der Waals surface area contributed by atoms with E-state index in [1.807, 2.05) is 6.92 Å². The maximum atomic E-state index is 14.4. The van der Waals surface area contributed by atoms with Gasteiger partial charge in [-0.05, 0) is 56.7 Å². The van der Waals surface area contributed by atoms with Gasteiger partial charge in [-0.25, -0.2) is 8.78 Å². The monoisotopic (exact) mass is 432 g/mol. The SMILES string of the molecule is Cc1cc(C(=O)N2CC[C@]3(c4ncccc4F)OCOC3C2)ccc1OCC(C)(C)F. The summed E-state index contributed by atoms with van der Waals surface area (Å²) < 4.78 is 45.2. The Labute approximate surface area is 180 Å². The molecule has 2 aliphatic heterocycles. The average Bonchev–Trinajstić information content (AvgIpc) is 3.16. The van der Waals surface area contributed by atoms with E-state index < -0.39 is 23.2 Å². The lowest BCUT2D eigenvalue weighted by molar-refractivity contribution is -0.0494. The largest absolute Gasteiger partial charge is 0.490 e. The summed E-state index contributed by atoms with van der Waals surface area (Å²) in [7, 11) is 0. The molecule has 0 radical (unpaired) electrons. The van der Waals surface area contributed by atoms with Crippen LogP contribution in [0.25, 0.3) is 0 Å². The Hall–Kier alpha value is -2.58. The summed E-state index contributed by atoms with van der Waals surface area (Å²) >= 11 is 0. The molecule has 0 saturated carbocycles. The van der Waals surface area contributed by atoms with Crippen molar-refractivity contribution in [3.63, 3.8) is 0 Å². The Bertz CT molecular complexity index is 978. The van der Waals surface area contributed by atoms with Gasteiger partial charge in [0.2, 0.25) is 0 Å². The molecule has 1 unspecified atom stereocenters. The van der Waals surface area contributed by atoms with Crippen molar-refractivity contribution in [3.05, 3.63) is 59.2 Å². The normalized spacial score (nSPS) is 23.5. The number of hydrogen-bond donors (Lipinski definition) is 0. The van der Waals surface area contributed by atoms with Crippen LogP contribution >= 0.6 is 0 Å². The molecule has 4 rings (SSSR count). The van der Waals surface area contributed by atoms with E-state index >= 15 is 0 Å². The Morgan fingerprint density at radius 3 is 2.90 bits per heavy atom. The molecule has 1 aromatic carbocycles. The zero-order valence-electron chi connectivity index (χ0n) is 17.9. The number of amides is 1. The van der Waals surface area contributed by atoms with Crippen molar-refractivity contribution in [1.82, 2.24) is 9.88 Å². The second-order valence-electron chi connectivity index (χ2n) is 8.63. The van der Waals surface area contributed by atoms with E-state index in [-0.39, 0.29) is 31.5 Å². The minimum absolute atomic E-state index is 0.0266. The number of hydrogen-bond acceptors (Lipinski definition) is 5. The highest BCUT2D eigenvalue weighted by atomic mass is 19.1. The van der Waals surface area contributed by atoms with Gasteiger partial charge in [0.15, 0.2) is 0 Å². The molecule has 0 aliphatic carbocycles. The topological polar surface area (TPSA) is 60.9 Å². The van der Waals surface area contributed by atoms with Gasteiger partial charge in [-0.3, -0.25) is 9.78 Å². The number of aryl methyl sites for hydroxylation is 1. The molecule has 2 fully saturated rings. The second kappa shape index (κ2) is 8.16. The van der Waals surface area contributed by atoms with Crippen LogP contribution in [0, 0.1) is 12.7 Å². The lowest BCUT2D eigenvalue weighted by atomic mass is 9.84. The predicted octanol–water partition coefficient (Wildman–Crippen LogP) is 3.77. The summed E-state index contributed by atoms with van der Waals surface area (Å²) in [4.78, 5) is 19.0. The summed E-state index contributed by atoms with van der Waals surface area (Å²) in [6, 6.07) is 7.96. The number of ether oxygens (including phenoxy) is 3. The molecule has 166 valence electrons. The number of nitrogens with zero attached hydrogens (tertiary/aromatic N) is 2. The lowest BCUT2D eigenvalue weighted by Crippen LogP contribution is -2.54. The van der Waals surface area contributed by atoms with Crippen molar-refractivity contribution in [2.45, 2.75) is 44.6 Å². The van der Waals surface area contributed by atoms with Crippen LogP contribution in [0.2, 0.25) is 0 Å². The molecule has 2 atom stereocenters. The molecule has 2 saturated heterocycles. The third kappa shape index (κ3) is 4.27. The first-order valence-electron chi connectivity index (χ1n) is 10.3. The van der Waals surface area contributed by atoms with E-state index in [0.717, 1.165) is 5.56 Å². The number of likely N-dealkylation sites (tertiary alicyclic amines) is 1. The summed E-state index contributed by atoms with van der Waals surface area (Å²) in [5.74, 6) is -0.0652. The highest BCUT2D eigenvalue weighted by Gasteiger charge is 2.53. The molecule has 0 bridgehead atoms. The first-order valence-corrected chi connectivity index (χ1v) is 10.3. The number of fused-ring (bicyclic) bond motifs is 1. The van der Waals surface area contributed by atoms with Crippen molar-refractivity contribution < 1.29 is 27.8 Å². The molecule has 3 heterocycles. The molecule has 1 aromatic heterocycles. The summed E-state index contributed by atoms with van der Waals surface area (Å²) in [5.41, 5.74) is -0.970. The maximum absolute atomic E-state index is 14.4. The highest BCUT2D eigenvalue weighted by Crippen LogP contribution is 2.42. The number of piperidine rings is 1. The van der Waals surface area contributed by atoms with Crippen molar-refractivity contribution in [3.8, 4) is 5.75 Å². The number of rotatable bonds is 5. The van der Waals surface area contributed by atoms with E-state index in [1.165, 1.54) is 32.2 Å². The quantitative estimate of drug-likeness (QED) is 0.720. The first-order chi connectivity index (χ1) is 14.7. The van der Waals surface area contributed by atoms with E-state index in [0.29, 0.717) is 24.3 Å². The van der Waals surface area contributed by atoms with Gasteiger partial charge in [0.05, 0.1) is 6.54 Å². The zero-order valence-corrected chi connectivity index (χ0v) is 17.9. The van der Waals surface area contributed by atoms with Crippen LogP contribution in [0.15, 0.2) is 36.5 Å². The van der Waals surface area contributed by atoms with E-state index in [2.05, 4.69) is 4.98 Å². The smallest absolute Gasteiger partial charge is 0.253 e. The Kier molecular flexibility index (Phi) is 5.70. The summed E-state index contributed by atoms with van der Waals surface area (Å²) in [6.07, 6.45) is 1.40. The Morgan fingerprint density at radius 2 is 2.19 bits per heavy atom. The van der Waals surface area contributed by atoms with Crippen molar-refractivity contribution in [2.24, 2.45) is 0 Å². The lowest BCUT2D eigenvalue weighted by Gasteiger charge is -2.41. The summed E-state index contributed by atoms with van der Waals surface area (Å²) in [5, 5.41) is 0. The van der Waals surface area contributed by atoms with Gasteiger partial charge in [-0.1, -0.05) is 0 Å². The van der Waals surface area contributed by atoms with Gasteiger partial charge >= 0.3 is 0 Å². The third-order valence-corrected chi connectivity index (χ3v) is 5.68. The number of halogens is 2. The number of aromatic nitrogens is 1. The molecule has 2 aliphatic rings. The minimum atomic E-state index is -1.45. The number of benzene rings is 1. The van der Waals surface area contributed by atoms with E-state index in [4.69, 9.17) is 14.2 Å². The zero-order chi connectivity index (χ0) is 22.2. The Balaban J connectivity index is 1.49. The highest BCUT2D eigenvalue weighted by molar-refractivity contribution is 5.94. The van der Waals surface area contributed by atoms with Gasteiger partial charge in [0.1, 0.15) is 48.0 Å². The fourth-order valence-corrected chi connectivity index (χ4v) is 4.07. The van der Waals surface area contributed by atoms with Crippen LogP contribution in [-0.4, -0.2) is 54.1 Å². The number of carbonyl (C=O) groups is 1. The van der Waals surface area contributed by atoms with Crippen LogP contribution in [0.1, 0.15) is 41.9 Å². The number of carbonyl (C=O) groups excluding carboxylic acids is 1. The van der Waals surface area contributed by atoms with Crippen molar-refractivity contribution >= 4 is 5.91 Å². The standard InChI is InChI=1S/C23H26F2N2O4/c1-15-11-16(6-7-18(15)29-13-22(2,3)25)21(28)27-10-8-23(19(12-27)30-14-31-23)20-17(24)5-4-9-26-20/h4-7,9,11,19H,8,10,12-14H2,1-3H3/t19?,23-/m0/s1. The number of pyridine rings is 1. The molecular formula is C23H26F2N2O4. The maximum Gasteiger partial charge on any atom is 0.253 e. The molecular weight excluding hydrogens is 406 g/mol. The van der Waals surface area contributed by atoms with Crippen LogP contribution < -0.4 is 4.74 Å². The minimum Gasteiger partial charge on any atom is -0.490 e. The van der Waals surface area contributed by atoms with E-state index in [9.17, 15) is 13.6 Å². The van der Waals surface area contributed by atoms with Crippen LogP contribution in [-0.2, 0) is 15.1 Å². The fourth-order valence-electron chi connectivity index (χ4n) is 4.07. The average molecular weight is 432 g/mol. The third-order valence-electron chi connectivity index (χ3n) is 5.68.